The van der Waals surface area contributed by atoms with Crippen molar-refractivity contribution in [2.24, 2.45) is 0 Å². The lowest BCUT2D eigenvalue weighted by Crippen LogP contribution is -2.24. The molecule has 1 aliphatic rings. The molecule has 0 aromatic heterocycles. The van der Waals surface area contributed by atoms with E-state index < -0.39 is 0 Å². The van der Waals surface area contributed by atoms with Gasteiger partial charge < -0.3 is 0 Å². The Kier molecular flexibility index (Phi) is 2.79. The third-order valence-corrected chi connectivity index (χ3v) is 3.23. The topological polar surface area (TPSA) is 23.8 Å². The van der Waals surface area contributed by atoms with Crippen molar-refractivity contribution in [1.29, 1.82) is 5.26 Å². The highest BCUT2D eigenvalue weighted by Gasteiger charge is 2.31. The van der Waals surface area contributed by atoms with Crippen molar-refractivity contribution in [3.8, 4) is 6.07 Å². The molecule has 1 aromatic rings. The first kappa shape index (κ1) is 10.3. The first-order chi connectivity index (χ1) is 7.27. The monoisotopic (exact) mass is 217 g/mol. The van der Waals surface area contributed by atoms with Crippen molar-refractivity contribution in [3.05, 3.63) is 47.0 Å². The Hall–Kier alpha value is -1.26. The fourth-order valence-corrected chi connectivity index (χ4v) is 2.16. The van der Waals surface area contributed by atoms with Crippen LogP contribution in [0.3, 0.4) is 0 Å². The molecule has 0 N–H and O–H groups in total. The number of benzene rings is 1. The van der Waals surface area contributed by atoms with Crippen LogP contribution in [0.5, 0.6) is 0 Å². The maximum Gasteiger partial charge on any atom is 0.0859 e. The zero-order valence-corrected chi connectivity index (χ0v) is 9.17. The number of hydrogen-bond acceptors (Lipinski definition) is 1. The van der Waals surface area contributed by atoms with Gasteiger partial charge in [-0.15, -0.1) is 0 Å². The predicted octanol–water partition coefficient (Wildman–Crippen LogP) is 3.84. The molecular formula is C13H12ClN. The second kappa shape index (κ2) is 4.08. The lowest BCUT2D eigenvalue weighted by Gasteiger charge is -2.28. The van der Waals surface area contributed by atoms with Crippen LogP contribution in [0.2, 0.25) is 5.02 Å². The Labute approximate surface area is 95.0 Å². The molecule has 0 saturated carbocycles. The second-order valence-electron chi connectivity index (χ2n) is 3.92. The molecule has 0 heterocycles. The van der Waals surface area contributed by atoms with E-state index in [1.54, 1.807) is 0 Å². The zero-order chi connectivity index (χ0) is 10.7. The van der Waals surface area contributed by atoms with Gasteiger partial charge in [-0.05, 0) is 37.0 Å². The number of rotatable bonds is 1. The van der Waals surface area contributed by atoms with Crippen LogP contribution in [0.25, 0.3) is 0 Å². The molecule has 1 atom stereocenters. The second-order valence-corrected chi connectivity index (χ2v) is 4.35. The maximum atomic E-state index is 9.35. The summed E-state index contributed by atoms with van der Waals surface area (Å²) in [5.74, 6) is 0. The van der Waals surface area contributed by atoms with E-state index in [2.05, 4.69) is 18.2 Å². The van der Waals surface area contributed by atoms with Gasteiger partial charge in [-0.1, -0.05) is 35.9 Å². The number of nitrogens with zero attached hydrogens (tertiary/aromatic N) is 1. The molecule has 0 amide bonds. The summed E-state index contributed by atoms with van der Waals surface area (Å²) in [7, 11) is 0. The third-order valence-electron chi connectivity index (χ3n) is 2.98. The van der Waals surface area contributed by atoms with Gasteiger partial charge in [0.2, 0.25) is 0 Å². The minimum Gasteiger partial charge on any atom is -0.197 e. The maximum absolute atomic E-state index is 9.35. The first-order valence-corrected chi connectivity index (χ1v) is 5.47. The molecule has 15 heavy (non-hydrogen) atoms. The third kappa shape index (κ3) is 1.91. The van der Waals surface area contributed by atoms with E-state index in [0.29, 0.717) is 0 Å². The van der Waals surface area contributed by atoms with E-state index in [9.17, 15) is 5.26 Å². The molecule has 0 radical (unpaired) electrons. The largest absolute Gasteiger partial charge is 0.197 e. The van der Waals surface area contributed by atoms with Crippen LogP contribution in [-0.2, 0) is 5.41 Å². The molecule has 1 nitrogen and oxygen atoms in total. The lowest BCUT2D eigenvalue weighted by atomic mass is 9.73. The highest BCUT2D eigenvalue weighted by molar-refractivity contribution is 6.30. The van der Waals surface area contributed by atoms with E-state index in [1.165, 1.54) is 0 Å². The number of halogens is 1. The minimum atomic E-state index is -0.334. The minimum absolute atomic E-state index is 0.334. The standard InChI is InChI=1S/C13H12ClN/c14-12-6-4-11(5-7-12)13(10-15)8-2-1-3-9-13/h1-2,4-7H,3,8-9H2. The van der Waals surface area contributed by atoms with E-state index in [4.69, 9.17) is 11.6 Å². The Balaban J connectivity index is 2.39. The average Bonchev–Trinajstić information content (AvgIpc) is 2.31. The van der Waals surface area contributed by atoms with E-state index in [-0.39, 0.29) is 5.41 Å². The molecule has 0 fully saturated rings. The lowest BCUT2D eigenvalue weighted by molar-refractivity contribution is 0.496. The quantitative estimate of drug-likeness (QED) is 0.656. The van der Waals surface area contributed by atoms with Crippen LogP contribution < -0.4 is 0 Å². The first-order valence-electron chi connectivity index (χ1n) is 5.09. The van der Waals surface area contributed by atoms with E-state index in [1.807, 2.05) is 24.3 Å². The van der Waals surface area contributed by atoms with Crippen LogP contribution in [0, 0.1) is 11.3 Å². The molecule has 0 aliphatic heterocycles. The fourth-order valence-electron chi connectivity index (χ4n) is 2.03. The van der Waals surface area contributed by atoms with Crippen molar-refractivity contribution in [2.75, 3.05) is 0 Å². The normalized spacial score (nSPS) is 24.8. The molecule has 0 bridgehead atoms. The predicted molar refractivity (Wildman–Crippen MR) is 61.7 cm³/mol. The van der Waals surface area contributed by atoms with Gasteiger partial charge in [-0.2, -0.15) is 5.26 Å². The van der Waals surface area contributed by atoms with E-state index >= 15 is 0 Å². The van der Waals surface area contributed by atoms with Gasteiger partial charge in [-0.3, -0.25) is 0 Å². The smallest absolute Gasteiger partial charge is 0.0859 e. The van der Waals surface area contributed by atoms with Crippen LogP contribution in [0.15, 0.2) is 36.4 Å². The number of allylic oxidation sites excluding steroid dienone is 2. The van der Waals surface area contributed by atoms with Crippen LogP contribution in [0.1, 0.15) is 24.8 Å². The summed E-state index contributed by atoms with van der Waals surface area (Å²) in [5.41, 5.74) is 0.748. The fraction of sp³-hybridized carbons (Fsp3) is 0.308. The molecule has 76 valence electrons. The van der Waals surface area contributed by atoms with Crippen LogP contribution in [0.4, 0.5) is 0 Å². The molecular weight excluding hydrogens is 206 g/mol. The van der Waals surface area contributed by atoms with Crippen LogP contribution >= 0.6 is 11.6 Å². The molecule has 0 saturated heterocycles. The SMILES string of the molecule is N#CC1(c2ccc(Cl)cc2)CC=CCC1. The Morgan fingerprint density at radius 1 is 1.20 bits per heavy atom. The Morgan fingerprint density at radius 3 is 2.47 bits per heavy atom. The molecule has 2 heteroatoms. The summed E-state index contributed by atoms with van der Waals surface area (Å²) in [6, 6.07) is 10.1. The summed E-state index contributed by atoms with van der Waals surface area (Å²) in [6.07, 6.45) is 6.94. The van der Waals surface area contributed by atoms with E-state index in [0.717, 1.165) is 29.8 Å². The van der Waals surface area contributed by atoms with Gasteiger partial charge in [0.25, 0.3) is 0 Å². The molecule has 1 aliphatic carbocycles. The number of hydrogen-bond donors (Lipinski definition) is 0. The van der Waals surface area contributed by atoms with Crippen molar-refractivity contribution in [1.82, 2.24) is 0 Å². The zero-order valence-electron chi connectivity index (χ0n) is 8.41. The average molecular weight is 218 g/mol. The van der Waals surface area contributed by atoms with Gasteiger partial charge >= 0.3 is 0 Å². The highest BCUT2D eigenvalue weighted by atomic mass is 35.5. The summed E-state index contributed by atoms with van der Waals surface area (Å²) in [4.78, 5) is 0. The molecule has 2 rings (SSSR count). The van der Waals surface area contributed by atoms with Gasteiger partial charge in [0, 0.05) is 5.02 Å². The van der Waals surface area contributed by atoms with Gasteiger partial charge in [0.15, 0.2) is 0 Å². The van der Waals surface area contributed by atoms with Crippen molar-refractivity contribution >= 4 is 11.6 Å². The molecule has 1 aromatic carbocycles. The summed E-state index contributed by atoms with van der Waals surface area (Å²) < 4.78 is 0. The Morgan fingerprint density at radius 2 is 1.93 bits per heavy atom. The van der Waals surface area contributed by atoms with Crippen molar-refractivity contribution in [2.45, 2.75) is 24.7 Å². The van der Waals surface area contributed by atoms with Gasteiger partial charge in [0.1, 0.15) is 0 Å². The van der Waals surface area contributed by atoms with Crippen LogP contribution in [-0.4, -0.2) is 0 Å². The molecule has 0 spiro atoms. The van der Waals surface area contributed by atoms with Gasteiger partial charge in [-0.25, -0.2) is 0 Å². The summed E-state index contributed by atoms with van der Waals surface area (Å²) in [6.45, 7) is 0. The van der Waals surface area contributed by atoms with Crippen molar-refractivity contribution < 1.29 is 0 Å². The van der Waals surface area contributed by atoms with Crippen molar-refractivity contribution in [3.63, 3.8) is 0 Å². The summed E-state index contributed by atoms with van der Waals surface area (Å²) >= 11 is 5.84. The van der Waals surface area contributed by atoms with Gasteiger partial charge in [0.05, 0.1) is 11.5 Å². The number of nitriles is 1. The molecule has 1 unspecified atom stereocenters. The summed E-state index contributed by atoms with van der Waals surface area (Å²) in [5, 5.41) is 10.1. The Bertz CT molecular complexity index is 413. The highest BCUT2D eigenvalue weighted by Crippen LogP contribution is 2.36.